The van der Waals surface area contributed by atoms with Crippen LogP contribution in [0, 0.1) is 12.8 Å². The van der Waals surface area contributed by atoms with Crippen molar-refractivity contribution in [3.8, 4) is 0 Å². The Balaban J connectivity index is 2.04. The molecular weight excluding hydrogens is 218 g/mol. The van der Waals surface area contributed by atoms with Gasteiger partial charge in [0.25, 0.3) is 5.91 Å². The van der Waals surface area contributed by atoms with Gasteiger partial charge in [0.1, 0.15) is 0 Å². The zero-order valence-corrected chi connectivity index (χ0v) is 9.77. The molecule has 2 unspecified atom stereocenters. The number of rotatable bonds is 2. The topological polar surface area (TPSA) is 46.6 Å². The molecule has 88 valence electrons. The van der Waals surface area contributed by atoms with Crippen molar-refractivity contribution in [3.63, 3.8) is 0 Å². The quantitative estimate of drug-likeness (QED) is 0.720. The number of fused-ring (bicyclic) bond motifs is 1. The van der Waals surface area contributed by atoms with Crippen LogP contribution in [0.15, 0.2) is 24.3 Å². The van der Waals surface area contributed by atoms with E-state index in [-0.39, 0.29) is 11.7 Å². The Kier molecular flexibility index (Phi) is 1.95. The normalized spacial score (nSPS) is 30.7. The van der Waals surface area contributed by atoms with Crippen molar-refractivity contribution in [1.29, 1.82) is 0 Å². The smallest absolute Gasteiger partial charge is 0.297 e. The number of ketones is 1. The third-order valence-electron chi connectivity index (χ3n) is 3.64. The van der Waals surface area contributed by atoms with Gasteiger partial charge in [-0.1, -0.05) is 17.7 Å². The van der Waals surface area contributed by atoms with Crippen LogP contribution in [0.5, 0.6) is 0 Å². The Morgan fingerprint density at radius 3 is 2.53 bits per heavy atom. The molecular formula is C13H13NO3. The lowest BCUT2D eigenvalue weighted by atomic mass is 10.2. The number of methoxy groups -OCH3 is 1. The van der Waals surface area contributed by atoms with E-state index >= 15 is 0 Å². The lowest BCUT2D eigenvalue weighted by molar-refractivity contribution is -0.135. The van der Waals surface area contributed by atoms with Crippen LogP contribution in [0.2, 0.25) is 0 Å². The molecule has 0 N–H and O–H groups in total. The molecule has 1 saturated heterocycles. The van der Waals surface area contributed by atoms with E-state index in [0.29, 0.717) is 6.42 Å². The predicted octanol–water partition coefficient (Wildman–Crippen LogP) is 1.27. The van der Waals surface area contributed by atoms with Crippen LogP contribution in [-0.4, -0.2) is 24.5 Å². The second kappa shape index (κ2) is 3.17. The fourth-order valence-electron chi connectivity index (χ4n) is 2.56. The third kappa shape index (κ3) is 1.21. The minimum Gasteiger partial charge on any atom is -0.358 e. The number of carbonyl (C=O) groups excluding carboxylic acids is 2. The molecule has 1 heterocycles. The number of carbonyl (C=O) groups is 2. The number of Topliss-reactive ketones (excluding diaryl/α,β-unsaturated/α-hetero) is 1. The summed E-state index contributed by atoms with van der Waals surface area (Å²) in [6, 6.07) is 7.54. The fourth-order valence-corrected chi connectivity index (χ4v) is 2.56. The number of hydrogen-bond donors (Lipinski definition) is 0. The minimum atomic E-state index is -0.705. The molecule has 1 saturated carbocycles. The number of hydrogen-bond acceptors (Lipinski definition) is 3. The molecule has 4 nitrogen and oxygen atoms in total. The molecule has 0 radical (unpaired) electrons. The van der Waals surface area contributed by atoms with Gasteiger partial charge in [0, 0.05) is 19.2 Å². The molecule has 0 bridgehead atoms. The molecule has 0 spiro atoms. The van der Waals surface area contributed by atoms with Crippen LogP contribution in [0.3, 0.4) is 0 Å². The monoisotopic (exact) mass is 231 g/mol. The summed E-state index contributed by atoms with van der Waals surface area (Å²) in [5.41, 5.74) is 1.14. The average Bonchev–Trinajstić information content (AvgIpc) is 3.02. The lowest BCUT2D eigenvalue weighted by Crippen LogP contribution is -2.40. The van der Waals surface area contributed by atoms with E-state index in [4.69, 9.17) is 4.74 Å². The molecule has 2 aliphatic rings. The molecule has 1 amide bonds. The molecule has 1 aromatic rings. The van der Waals surface area contributed by atoms with E-state index in [1.165, 1.54) is 4.90 Å². The maximum absolute atomic E-state index is 11.9. The SMILES string of the molecule is COC12CC1C(=O)C(=O)N2c1ccc(C)cc1. The van der Waals surface area contributed by atoms with Crippen LogP contribution >= 0.6 is 0 Å². The summed E-state index contributed by atoms with van der Waals surface area (Å²) in [6.45, 7) is 1.98. The van der Waals surface area contributed by atoms with Gasteiger partial charge in [-0.3, -0.25) is 14.5 Å². The zero-order valence-electron chi connectivity index (χ0n) is 9.77. The van der Waals surface area contributed by atoms with Crippen molar-refractivity contribution in [1.82, 2.24) is 0 Å². The van der Waals surface area contributed by atoms with Gasteiger partial charge >= 0.3 is 0 Å². The summed E-state index contributed by atoms with van der Waals surface area (Å²) in [4.78, 5) is 25.1. The van der Waals surface area contributed by atoms with Gasteiger partial charge in [-0.25, -0.2) is 0 Å². The molecule has 1 aromatic carbocycles. The highest BCUT2D eigenvalue weighted by atomic mass is 16.5. The van der Waals surface area contributed by atoms with E-state index in [0.717, 1.165) is 11.3 Å². The maximum Gasteiger partial charge on any atom is 0.297 e. The average molecular weight is 231 g/mol. The molecule has 0 aromatic heterocycles. The second-order valence-corrected chi connectivity index (χ2v) is 4.65. The fraction of sp³-hybridized carbons (Fsp3) is 0.385. The summed E-state index contributed by atoms with van der Waals surface area (Å²) in [7, 11) is 1.55. The van der Waals surface area contributed by atoms with Crippen LogP contribution in [-0.2, 0) is 14.3 Å². The number of anilines is 1. The number of aryl methyl sites for hydroxylation is 1. The van der Waals surface area contributed by atoms with Crippen LogP contribution in [0.4, 0.5) is 5.69 Å². The number of nitrogens with zero attached hydrogens (tertiary/aromatic N) is 1. The van der Waals surface area contributed by atoms with Gasteiger partial charge in [0.2, 0.25) is 5.78 Å². The van der Waals surface area contributed by atoms with E-state index < -0.39 is 11.6 Å². The molecule has 1 aliphatic carbocycles. The summed E-state index contributed by atoms with van der Waals surface area (Å²) in [5.74, 6) is -1.05. The van der Waals surface area contributed by atoms with Crippen molar-refractivity contribution in [2.24, 2.45) is 5.92 Å². The summed E-state index contributed by atoms with van der Waals surface area (Å²) in [5, 5.41) is 0. The summed E-state index contributed by atoms with van der Waals surface area (Å²) < 4.78 is 5.40. The van der Waals surface area contributed by atoms with E-state index in [1.54, 1.807) is 7.11 Å². The van der Waals surface area contributed by atoms with Crippen molar-refractivity contribution in [2.45, 2.75) is 19.1 Å². The second-order valence-electron chi connectivity index (χ2n) is 4.65. The first-order valence-corrected chi connectivity index (χ1v) is 5.60. The van der Waals surface area contributed by atoms with E-state index in [1.807, 2.05) is 31.2 Å². The van der Waals surface area contributed by atoms with Gasteiger partial charge in [-0.15, -0.1) is 0 Å². The van der Waals surface area contributed by atoms with Crippen molar-refractivity contribution in [3.05, 3.63) is 29.8 Å². The number of benzene rings is 1. The van der Waals surface area contributed by atoms with Gasteiger partial charge in [0.05, 0.1) is 5.92 Å². The molecule has 3 rings (SSSR count). The van der Waals surface area contributed by atoms with Gasteiger partial charge < -0.3 is 4.74 Å². The minimum absolute atomic E-state index is 0.277. The highest BCUT2D eigenvalue weighted by Crippen LogP contribution is 2.56. The Morgan fingerprint density at radius 2 is 1.94 bits per heavy atom. The summed E-state index contributed by atoms with van der Waals surface area (Å²) in [6.07, 6.45) is 0.613. The van der Waals surface area contributed by atoms with Crippen LogP contribution in [0.1, 0.15) is 12.0 Å². The first-order valence-electron chi connectivity index (χ1n) is 5.60. The summed E-state index contributed by atoms with van der Waals surface area (Å²) >= 11 is 0. The molecule has 17 heavy (non-hydrogen) atoms. The molecule has 2 fully saturated rings. The first kappa shape index (κ1) is 10.5. The third-order valence-corrected chi connectivity index (χ3v) is 3.64. The van der Waals surface area contributed by atoms with Crippen molar-refractivity contribution >= 4 is 17.4 Å². The van der Waals surface area contributed by atoms with Crippen LogP contribution < -0.4 is 4.90 Å². The van der Waals surface area contributed by atoms with E-state index in [9.17, 15) is 9.59 Å². The zero-order chi connectivity index (χ0) is 12.2. The molecule has 4 heteroatoms. The predicted molar refractivity (Wildman–Crippen MR) is 61.5 cm³/mol. The van der Waals surface area contributed by atoms with Gasteiger partial charge in [0.15, 0.2) is 5.72 Å². The molecule has 1 aliphatic heterocycles. The Bertz CT molecular complexity index is 508. The number of amides is 1. The number of piperidine rings is 1. The van der Waals surface area contributed by atoms with Crippen LogP contribution in [0.25, 0.3) is 0 Å². The van der Waals surface area contributed by atoms with Crippen molar-refractivity contribution in [2.75, 3.05) is 12.0 Å². The number of ether oxygens (including phenoxy) is 1. The Labute approximate surface area is 99.2 Å². The van der Waals surface area contributed by atoms with E-state index in [2.05, 4.69) is 0 Å². The Morgan fingerprint density at radius 1 is 1.29 bits per heavy atom. The largest absolute Gasteiger partial charge is 0.358 e. The Hall–Kier alpha value is -1.68. The standard InChI is InChI=1S/C13H13NO3/c1-8-3-5-9(6-4-8)14-12(16)11(15)10-7-13(10,14)17-2/h3-6,10H,7H2,1-2H3. The lowest BCUT2D eigenvalue weighted by Gasteiger charge is -2.26. The highest BCUT2D eigenvalue weighted by Gasteiger charge is 2.72. The van der Waals surface area contributed by atoms with Crippen molar-refractivity contribution < 1.29 is 14.3 Å². The first-order chi connectivity index (χ1) is 8.10. The van der Waals surface area contributed by atoms with Gasteiger partial charge in [-0.05, 0) is 19.1 Å². The maximum atomic E-state index is 11.9. The highest BCUT2D eigenvalue weighted by molar-refractivity contribution is 6.46. The van der Waals surface area contributed by atoms with Gasteiger partial charge in [-0.2, -0.15) is 0 Å². The molecule has 2 atom stereocenters.